The molecule has 0 radical (unpaired) electrons. The first-order valence-corrected chi connectivity index (χ1v) is 10.5. The number of hydrogen-bond donors (Lipinski definition) is 0. The number of para-hydroxylation sites is 2. The Morgan fingerprint density at radius 1 is 1.14 bits per heavy atom. The van der Waals surface area contributed by atoms with E-state index in [4.69, 9.17) is 4.74 Å². The summed E-state index contributed by atoms with van der Waals surface area (Å²) in [6, 6.07) is 17.6. The van der Waals surface area contributed by atoms with Crippen LogP contribution < -0.4 is 4.74 Å². The maximum Gasteiger partial charge on any atom is 0.236 e. The SMILES string of the molecule is CCOc1ccccc1-n1nnnc1SC(C)C(=O)N(CC)Cc1ccccc1. The number of thioether (sulfide) groups is 1. The molecule has 1 aromatic heterocycles. The van der Waals surface area contributed by atoms with Crippen molar-refractivity contribution in [1.29, 1.82) is 0 Å². The summed E-state index contributed by atoms with van der Waals surface area (Å²) in [7, 11) is 0. The summed E-state index contributed by atoms with van der Waals surface area (Å²) in [5, 5.41) is 12.3. The Labute approximate surface area is 175 Å². The maximum absolute atomic E-state index is 13.0. The average molecular weight is 412 g/mol. The quantitative estimate of drug-likeness (QED) is 0.501. The maximum atomic E-state index is 13.0. The van der Waals surface area contributed by atoms with Gasteiger partial charge in [0.15, 0.2) is 0 Å². The van der Waals surface area contributed by atoms with Crippen LogP contribution in [0, 0.1) is 0 Å². The first-order valence-electron chi connectivity index (χ1n) is 9.64. The Kier molecular flexibility index (Phi) is 7.24. The molecular weight excluding hydrogens is 386 g/mol. The molecule has 8 heteroatoms. The topological polar surface area (TPSA) is 73.1 Å². The predicted octanol–water partition coefficient (Wildman–Crippen LogP) is 3.59. The standard InChI is InChI=1S/C21H25N5O2S/c1-4-25(15-17-11-7-6-8-12-17)20(27)16(3)29-21-22-23-24-26(21)18-13-9-10-14-19(18)28-5-2/h6-14,16H,4-5,15H2,1-3H3. The van der Waals surface area contributed by atoms with Crippen molar-refractivity contribution in [3.05, 3.63) is 60.2 Å². The second-order valence-corrected chi connectivity index (χ2v) is 7.68. The van der Waals surface area contributed by atoms with Gasteiger partial charge in [-0.3, -0.25) is 4.79 Å². The van der Waals surface area contributed by atoms with E-state index in [9.17, 15) is 4.79 Å². The molecule has 3 rings (SSSR count). The van der Waals surface area contributed by atoms with Crippen LogP contribution in [0.3, 0.4) is 0 Å². The largest absolute Gasteiger partial charge is 0.492 e. The number of rotatable bonds is 9. The van der Waals surface area contributed by atoms with Gasteiger partial charge >= 0.3 is 0 Å². The molecule has 1 heterocycles. The van der Waals surface area contributed by atoms with E-state index in [-0.39, 0.29) is 11.2 Å². The van der Waals surface area contributed by atoms with Gasteiger partial charge in [0.2, 0.25) is 11.1 Å². The smallest absolute Gasteiger partial charge is 0.236 e. The van der Waals surface area contributed by atoms with Crippen molar-refractivity contribution in [1.82, 2.24) is 25.1 Å². The Morgan fingerprint density at radius 3 is 2.59 bits per heavy atom. The Hall–Kier alpha value is -2.87. The molecule has 0 aliphatic carbocycles. The van der Waals surface area contributed by atoms with E-state index in [0.29, 0.717) is 30.6 Å². The molecule has 7 nitrogen and oxygen atoms in total. The summed E-state index contributed by atoms with van der Waals surface area (Å²) in [4.78, 5) is 14.9. The van der Waals surface area contributed by atoms with Crippen LogP contribution in [-0.4, -0.2) is 49.4 Å². The third-order valence-corrected chi connectivity index (χ3v) is 5.39. The lowest BCUT2D eigenvalue weighted by Crippen LogP contribution is -2.36. The molecule has 1 atom stereocenters. The molecule has 0 saturated heterocycles. The minimum atomic E-state index is -0.331. The van der Waals surface area contributed by atoms with Gasteiger partial charge in [0, 0.05) is 13.1 Å². The molecule has 0 aliphatic heterocycles. The third-order valence-electron chi connectivity index (χ3n) is 4.37. The Bertz CT molecular complexity index is 932. The van der Waals surface area contributed by atoms with E-state index < -0.39 is 0 Å². The second kappa shape index (κ2) is 10.1. The van der Waals surface area contributed by atoms with Crippen LogP contribution in [0.1, 0.15) is 26.3 Å². The zero-order chi connectivity index (χ0) is 20.6. The molecule has 152 valence electrons. The van der Waals surface area contributed by atoms with E-state index >= 15 is 0 Å². The van der Waals surface area contributed by atoms with E-state index in [1.165, 1.54) is 11.8 Å². The van der Waals surface area contributed by atoms with Gasteiger partial charge in [0.1, 0.15) is 11.4 Å². The fourth-order valence-corrected chi connectivity index (χ4v) is 3.81. The van der Waals surface area contributed by atoms with Crippen LogP contribution in [-0.2, 0) is 11.3 Å². The number of nitrogens with zero attached hydrogens (tertiary/aromatic N) is 5. The van der Waals surface area contributed by atoms with Gasteiger partial charge in [0.25, 0.3) is 0 Å². The predicted molar refractivity (Wildman–Crippen MR) is 113 cm³/mol. The minimum Gasteiger partial charge on any atom is -0.492 e. The first kappa shape index (κ1) is 20.9. The van der Waals surface area contributed by atoms with Gasteiger partial charge < -0.3 is 9.64 Å². The highest BCUT2D eigenvalue weighted by molar-refractivity contribution is 8.00. The molecule has 1 unspecified atom stereocenters. The van der Waals surface area contributed by atoms with E-state index in [1.54, 1.807) is 4.68 Å². The number of aromatic nitrogens is 4. The van der Waals surface area contributed by atoms with E-state index in [2.05, 4.69) is 15.5 Å². The lowest BCUT2D eigenvalue weighted by atomic mass is 10.2. The molecule has 29 heavy (non-hydrogen) atoms. The molecule has 0 aliphatic rings. The van der Waals surface area contributed by atoms with Crippen LogP contribution in [0.2, 0.25) is 0 Å². The number of hydrogen-bond acceptors (Lipinski definition) is 6. The van der Waals surface area contributed by atoms with Crippen molar-refractivity contribution >= 4 is 17.7 Å². The summed E-state index contributed by atoms with van der Waals surface area (Å²) >= 11 is 1.34. The van der Waals surface area contributed by atoms with Gasteiger partial charge in [0.05, 0.1) is 11.9 Å². The van der Waals surface area contributed by atoms with Crippen LogP contribution in [0.4, 0.5) is 0 Å². The van der Waals surface area contributed by atoms with Gasteiger partial charge in [-0.25, -0.2) is 0 Å². The van der Waals surface area contributed by atoms with Crippen molar-refractivity contribution < 1.29 is 9.53 Å². The summed E-state index contributed by atoms with van der Waals surface area (Å²) in [5.74, 6) is 0.747. The van der Waals surface area contributed by atoms with Crippen molar-refractivity contribution in [2.45, 2.75) is 37.7 Å². The normalized spacial score (nSPS) is 11.8. The molecular formula is C21H25N5O2S. The second-order valence-electron chi connectivity index (χ2n) is 6.37. The third kappa shape index (κ3) is 5.14. The first-order chi connectivity index (χ1) is 14.1. The zero-order valence-electron chi connectivity index (χ0n) is 16.9. The fraction of sp³-hybridized carbons (Fsp3) is 0.333. The Morgan fingerprint density at radius 2 is 1.86 bits per heavy atom. The van der Waals surface area contributed by atoms with Crippen molar-refractivity contribution in [3.63, 3.8) is 0 Å². The van der Waals surface area contributed by atoms with Crippen LogP contribution in [0.25, 0.3) is 5.69 Å². The number of tetrazole rings is 1. The summed E-state index contributed by atoms with van der Waals surface area (Å²) in [5.41, 5.74) is 1.86. The highest BCUT2D eigenvalue weighted by Crippen LogP contribution is 2.28. The lowest BCUT2D eigenvalue weighted by Gasteiger charge is -2.24. The highest BCUT2D eigenvalue weighted by Gasteiger charge is 2.24. The van der Waals surface area contributed by atoms with Gasteiger partial charge in [-0.05, 0) is 48.9 Å². The summed E-state index contributed by atoms with van der Waals surface area (Å²) < 4.78 is 7.31. The molecule has 0 bridgehead atoms. The van der Waals surface area contributed by atoms with Gasteiger partial charge in [-0.15, -0.1) is 5.10 Å². The summed E-state index contributed by atoms with van der Waals surface area (Å²) in [6.45, 7) is 7.56. The monoisotopic (exact) mass is 411 g/mol. The molecule has 2 aromatic carbocycles. The van der Waals surface area contributed by atoms with Crippen molar-refractivity contribution in [2.24, 2.45) is 0 Å². The molecule has 0 fully saturated rings. The molecule has 1 amide bonds. The fourth-order valence-electron chi connectivity index (χ4n) is 2.93. The average Bonchev–Trinajstić information content (AvgIpc) is 3.20. The number of ether oxygens (including phenoxy) is 1. The number of benzene rings is 2. The molecule has 0 N–H and O–H groups in total. The van der Waals surface area contributed by atoms with Gasteiger partial charge in [-0.1, -0.05) is 54.2 Å². The van der Waals surface area contributed by atoms with Crippen LogP contribution in [0.15, 0.2) is 59.8 Å². The molecule has 3 aromatic rings. The minimum absolute atomic E-state index is 0.0500. The molecule has 0 spiro atoms. The number of carbonyl (C=O) groups excluding carboxylic acids is 1. The van der Waals surface area contributed by atoms with E-state index in [0.717, 1.165) is 11.3 Å². The molecule has 0 saturated carbocycles. The van der Waals surface area contributed by atoms with E-state index in [1.807, 2.05) is 80.3 Å². The Balaban J connectivity index is 1.75. The summed E-state index contributed by atoms with van der Waals surface area (Å²) in [6.07, 6.45) is 0. The van der Waals surface area contributed by atoms with Gasteiger partial charge in [-0.2, -0.15) is 4.68 Å². The van der Waals surface area contributed by atoms with Crippen molar-refractivity contribution in [2.75, 3.05) is 13.2 Å². The van der Waals surface area contributed by atoms with Crippen LogP contribution in [0.5, 0.6) is 5.75 Å². The number of carbonyl (C=O) groups is 1. The lowest BCUT2D eigenvalue weighted by molar-refractivity contribution is -0.130. The zero-order valence-corrected chi connectivity index (χ0v) is 17.7. The number of amides is 1. The van der Waals surface area contributed by atoms with Crippen molar-refractivity contribution in [3.8, 4) is 11.4 Å². The highest BCUT2D eigenvalue weighted by atomic mass is 32.2. The van der Waals surface area contributed by atoms with Crippen LogP contribution >= 0.6 is 11.8 Å².